The number of hydrogen-bond donors (Lipinski definition) is 3. The molecule has 140 valence electrons. The van der Waals surface area contributed by atoms with E-state index in [9.17, 15) is 13.2 Å². The maximum absolute atomic E-state index is 12.7. The second kappa shape index (κ2) is 9.56. The molecule has 0 radical (unpaired) electrons. The molecule has 0 aliphatic carbocycles. The van der Waals surface area contributed by atoms with E-state index in [2.05, 4.69) is 22.3 Å². The molecular formula is C17H27N3O3S2. The van der Waals surface area contributed by atoms with Crippen LogP contribution in [0.15, 0.2) is 35.2 Å². The Morgan fingerprint density at radius 1 is 1.36 bits per heavy atom. The van der Waals surface area contributed by atoms with Crippen LogP contribution in [0, 0.1) is 0 Å². The summed E-state index contributed by atoms with van der Waals surface area (Å²) >= 11 is 1.59. The Kier molecular flexibility index (Phi) is 7.74. The molecule has 1 aliphatic heterocycles. The first-order valence-electron chi connectivity index (χ1n) is 8.52. The Hall–Kier alpha value is -1.09. The molecule has 1 aromatic rings. The molecule has 0 aromatic heterocycles. The number of nitrogens with one attached hydrogen (secondary N) is 3. The van der Waals surface area contributed by atoms with E-state index in [1.165, 1.54) is 12.1 Å². The number of thioether (sulfide) groups is 1. The van der Waals surface area contributed by atoms with Gasteiger partial charge in [-0.1, -0.05) is 18.2 Å². The Labute approximate surface area is 154 Å². The molecule has 1 heterocycles. The van der Waals surface area contributed by atoms with Gasteiger partial charge < -0.3 is 10.6 Å². The minimum Gasteiger partial charge on any atom is -0.352 e. The lowest BCUT2D eigenvalue weighted by molar-refractivity contribution is -0.123. The molecule has 8 heteroatoms. The van der Waals surface area contributed by atoms with E-state index in [0.717, 1.165) is 19.4 Å². The van der Waals surface area contributed by atoms with E-state index in [4.69, 9.17) is 0 Å². The van der Waals surface area contributed by atoms with E-state index in [-0.39, 0.29) is 16.8 Å². The molecule has 1 fully saturated rings. The Morgan fingerprint density at radius 2 is 2.08 bits per heavy atom. The van der Waals surface area contributed by atoms with Gasteiger partial charge in [-0.2, -0.15) is 16.5 Å². The largest absolute Gasteiger partial charge is 0.352 e. The van der Waals surface area contributed by atoms with Gasteiger partial charge in [0.1, 0.15) is 6.04 Å². The number of benzene rings is 1. The summed E-state index contributed by atoms with van der Waals surface area (Å²) in [5, 5.41) is 6.36. The van der Waals surface area contributed by atoms with Crippen LogP contribution in [-0.2, 0) is 14.8 Å². The Morgan fingerprint density at radius 3 is 2.72 bits per heavy atom. The summed E-state index contributed by atoms with van der Waals surface area (Å²) in [4.78, 5) is 12.8. The third-order valence-electron chi connectivity index (χ3n) is 4.25. The maximum Gasteiger partial charge on any atom is 0.241 e. The molecule has 1 amide bonds. The van der Waals surface area contributed by atoms with Crippen LogP contribution < -0.4 is 15.4 Å². The first-order valence-corrected chi connectivity index (χ1v) is 11.4. The molecule has 3 N–H and O–H groups in total. The second-order valence-corrected chi connectivity index (χ2v) is 9.05. The van der Waals surface area contributed by atoms with E-state index in [1.807, 2.05) is 6.26 Å². The molecule has 0 spiro atoms. The fourth-order valence-corrected chi connectivity index (χ4v) is 4.62. The van der Waals surface area contributed by atoms with Crippen LogP contribution >= 0.6 is 11.8 Å². The molecule has 6 nitrogen and oxygen atoms in total. The normalized spacial score (nSPS) is 22.3. The van der Waals surface area contributed by atoms with Crippen molar-refractivity contribution in [2.75, 3.05) is 18.6 Å². The van der Waals surface area contributed by atoms with Gasteiger partial charge in [-0.15, -0.1) is 0 Å². The van der Waals surface area contributed by atoms with E-state index < -0.39 is 16.1 Å². The van der Waals surface area contributed by atoms with Crippen molar-refractivity contribution in [1.82, 2.24) is 15.4 Å². The number of piperidine rings is 1. The summed E-state index contributed by atoms with van der Waals surface area (Å²) in [6.45, 7) is 2.94. The topological polar surface area (TPSA) is 87.3 Å². The Balaban J connectivity index is 2.05. The zero-order valence-corrected chi connectivity index (χ0v) is 16.3. The van der Waals surface area contributed by atoms with Crippen LogP contribution in [0.25, 0.3) is 0 Å². The minimum atomic E-state index is -3.72. The summed E-state index contributed by atoms with van der Waals surface area (Å²) in [5.41, 5.74) is 0. The first kappa shape index (κ1) is 20.2. The summed E-state index contributed by atoms with van der Waals surface area (Å²) in [6, 6.07) is 7.83. The lowest BCUT2D eigenvalue weighted by Gasteiger charge is -2.30. The van der Waals surface area contributed by atoms with Gasteiger partial charge >= 0.3 is 0 Å². The summed E-state index contributed by atoms with van der Waals surface area (Å²) in [5.74, 6) is 0.463. The summed E-state index contributed by atoms with van der Waals surface area (Å²) < 4.78 is 27.7. The predicted molar refractivity (Wildman–Crippen MR) is 102 cm³/mol. The lowest BCUT2D eigenvalue weighted by atomic mass is 10.0. The molecule has 25 heavy (non-hydrogen) atoms. The molecule has 1 saturated heterocycles. The number of carbonyl (C=O) groups is 1. The summed E-state index contributed by atoms with van der Waals surface area (Å²) in [7, 11) is -3.72. The smallest absolute Gasteiger partial charge is 0.241 e. The van der Waals surface area contributed by atoms with Crippen LogP contribution in [0.3, 0.4) is 0 Å². The van der Waals surface area contributed by atoms with Crippen molar-refractivity contribution in [3.63, 3.8) is 0 Å². The highest BCUT2D eigenvalue weighted by Gasteiger charge is 2.28. The van der Waals surface area contributed by atoms with Crippen LogP contribution in [0.4, 0.5) is 0 Å². The van der Waals surface area contributed by atoms with Crippen molar-refractivity contribution in [2.24, 2.45) is 0 Å². The van der Waals surface area contributed by atoms with Crippen molar-refractivity contribution in [2.45, 2.75) is 49.2 Å². The number of rotatable bonds is 8. The highest BCUT2D eigenvalue weighted by Crippen LogP contribution is 2.12. The molecule has 3 atom stereocenters. The van der Waals surface area contributed by atoms with Gasteiger partial charge in [0.05, 0.1) is 4.90 Å². The molecule has 3 unspecified atom stereocenters. The van der Waals surface area contributed by atoms with Gasteiger partial charge in [0.15, 0.2) is 0 Å². The highest BCUT2D eigenvalue weighted by atomic mass is 32.2. The Bertz CT molecular complexity index is 652. The van der Waals surface area contributed by atoms with Crippen molar-refractivity contribution in [3.05, 3.63) is 30.3 Å². The van der Waals surface area contributed by atoms with Crippen molar-refractivity contribution >= 4 is 27.7 Å². The van der Waals surface area contributed by atoms with Gasteiger partial charge in [-0.3, -0.25) is 4.79 Å². The van der Waals surface area contributed by atoms with Crippen molar-refractivity contribution in [3.8, 4) is 0 Å². The second-order valence-electron chi connectivity index (χ2n) is 6.35. The molecule has 0 saturated carbocycles. The van der Waals surface area contributed by atoms with E-state index in [0.29, 0.717) is 18.2 Å². The van der Waals surface area contributed by atoms with Gasteiger partial charge in [0, 0.05) is 12.1 Å². The van der Waals surface area contributed by atoms with Gasteiger partial charge in [0.25, 0.3) is 0 Å². The number of carbonyl (C=O) groups excluding carboxylic acids is 1. The fraction of sp³-hybridized carbons (Fsp3) is 0.588. The van der Waals surface area contributed by atoms with Crippen LogP contribution in [0.5, 0.6) is 0 Å². The van der Waals surface area contributed by atoms with Crippen molar-refractivity contribution in [1.29, 1.82) is 0 Å². The van der Waals surface area contributed by atoms with E-state index >= 15 is 0 Å². The average Bonchev–Trinajstić information content (AvgIpc) is 2.59. The zero-order chi connectivity index (χ0) is 18.3. The maximum atomic E-state index is 12.7. The predicted octanol–water partition coefficient (Wildman–Crippen LogP) is 1.34. The first-order chi connectivity index (χ1) is 11.9. The third-order valence-corrected chi connectivity index (χ3v) is 6.38. The quantitative estimate of drug-likeness (QED) is 0.629. The molecule has 1 aromatic carbocycles. The molecule has 2 rings (SSSR count). The highest BCUT2D eigenvalue weighted by molar-refractivity contribution is 7.98. The molecule has 1 aliphatic rings. The van der Waals surface area contributed by atoms with Crippen LogP contribution in [0.2, 0.25) is 0 Å². The fourth-order valence-electron chi connectivity index (χ4n) is 2.90. The van der Waals surface area contributed by atoms with Crippen LogP contribution in [-0.4, -0.2) is 51.0 Å². The number of sulfonamides is 1. The molecule has 0 bridgehead atoms. The lowest BCUT2D eigenvalue weighted by Crippen LogP contribution is -2.53. The monoisotopic (exact) mass is 385 g/mol. The third kappa shape index (κ3) is 6.29. The standard InChI is InChI=1S/C17H27N3O3S2/c1-13-12-14(8-10-18-13)19-17(21)16(9-11-24-2)20-25(22,23)15-6-4-3-5-7-15/h3-7,13-14,16,18,20H,8-12H2,1-2H3,(H,19,21). The van der Waals surface area contributed by atoms with Gasteiger partial charge in [-0.05, 0) is 56.9 Å². The van der Waals surface area contributed by atoms with Gasteiger partial charge in [0.2, 0.25) is 15.9 Å². The van der Waals surface area contributed by atoms with E-state index in [1.54, 1.807) is 30.0 Å². The zero-order valence-electron chi connectivity index (χ0n) is 14.7. The molecular weight excluding hydrogens is 358 g/mol. The number of amides is 1. The number of hydrogen-bond acceptors (Lipinski definition) is 5. The van der Waals surface area contributed by atoms with Crippen LogP contribution in [0.1, 0.15) is 26.2 Å². The minimum absolute atomic E-state index is 0.0850. The summed E-state index contributed by atoms with van der Waals surface area (Å²) in [6.07, 6.45) is 4.11. The average molecular weight is 386 g/mol. The van der Waals surface area contributed by atoms with Gasteiger partial charge in [-0.25, -0.2) is 8.42 Å². The SMILES string of the molecule is CSCCC(NS(=O)(=O)c1ccccc1)C(=O)NC1CCNC(C)C1. The van der Waals surface area contributed by atoms with Crippen molar-refractivity contribution < 1.29 is 13.2 Å².